The molecule has 0 atom stereocenters. The predicted molar refractivity (Wildman–Crippen MR) is 99.5 cm³/mol. The summed E-state index contributed by atoms with van der Waals surface area (Å²) in [6.07, 6.45) is 1.21. The topological polar surface area (TPSA) is 96.0 Å². The van der Waals surface area contributed by atoms with Gasteiger partial charge in [-0.2, -0.15) is 0 Å². The van der Waals surface area contributed by atoms with Crippen molar-refractivity contribution < 1.29 is 29.0 Å². The second-order valence-corrected chi connectivity index (χ2v) is 6.10. The Balaban J connectivity index is 2.09. The highest BCUT2D eigenvalue weighted by Crippen LogP contribution is 2.33. The molecule has 1 aliphatic rings. The number of carbonyl (C=O) groups excluding carboxylic acids is 3. The van der Waals surface area contributed by atoms with E-state index >= 15 is 0 Å². The normalized spacial score (nSPS) is 14.8. The number of aliphatic carboxylic acids is 1. The van der Waals surface area contributed by atoms with E-state index in [4.69, 9.17) is 9.47 Å². The van der Waals surface area contributed by atoms with Crippen LogP contribution in [0.15, 0.2) is 42.5 Å². The summed E-state index contributed by atoms with van der Waals surface area (Å²) in [7, 11) is 3.04. The molecule has 28 heavy (non-hydrogen) atoms. The van der Waals surface area contributed by atoms with Gasteiger partial charge in [-0.3, -0.25) is 14.5 Å². The maximum absolute atomic E-state index is 13.0. The number of carboxylic acid groups (broad SMARTS) is 1. The van der Waals surface area contributed by atoms with Gasteiger partial charge in [-0.25, -0.2) is 0 Å². The van der Waals surface area contributed by atoms with Crippen molar-refractivity contribution in [3.8, 4) is 11.5 Å². The SMILES string of the molecule is COc1ccc(/C=C2\C(=O)N(CCC(=O)[O-])C(=O)c3ccccc32)cc1OC. The summed E-state index contributed by atoms with van der Waals surface area (Å²) in [4.78, 5) is 37.3. The van der Waals surface area contributed by atoms with Crippen molar-refractivity contribution in [3.05, 3.63) is 59.2 Å². The molecule has 1 heterocycles. The highest BCUT2D eigenvalue weighted by atomic mass is 16.5. The molecule has 0 unspecified atom stereocenters. The molecule has 0 aliphatic carbocycles. The third-order valence-electron chi connectivity index (χ3n) is 4.43. The van der Waals surface area contributed by atoms with Gasteiger partial charge in [0.05, 0.1) is 14.2 Å². The maximum Gasteiger partial charge on any atom is 0.261 e. The fraction of sp³-hybridized carbons (Fsp3) is 0.190. The van der Waals surface area contributed by atoms with E-state index in [1.165, 1.54) is 14.2 Å². The quantitative estimate of drug-likeness (QED) is 0.555. The van der Waals surface area contributed by atoms with E-state index in [2.05, 4.69) is 0 Å². The molecule has 7 nitrogen and oxygen atoms in total. The van der Waals surface area contributed by atoms with Crippen molar-refractivity contribution in [2.45, 2.75) is 6.42 Å². The molecule has 0 bridgehead atoms. The van der Waals surface area contributed by atoms with Gasteiger partial charge in [0, 0.05) is 30.1 Å². The molecule has 0 spiro atoms. The van der Waals surface area contributed by atoms with Gasteiger partial charge in [-0.15, -0.1) is 0 Å². The second kappa shape index (κ2) is 7.96. The Morgan fingerprint density at radius 2 is 1.68 bits per heavy atom. The number of hydrogen-bond donors (Lipinski definition) is 0. The molecule has 0 N–H and O–H groups in total. The first-order valence-corrected chi connectivity index (χ1v) is 8.55. The molecule has 0 aromatic heterocycles. The van der Waals surface area contributed by atoms with Gasteiger partial charge < -0.3 is 19.4 Å². The minimum Gasteiger partial charge on any atom is -0.550 e. The van der Waals surface area contributed by atoms with Gasteiger partial charge >= 0.3 is 0 Å². The van der Waals surface area contributed by atoms with Crippen LogP contribution in [0.3, 0.4) is 0 Å². The Morgan fingerprint density at radius 3 is 2.32 bits per heavy atom. The van der Waals surface area contributed by atoms with Crippen molar-refractivity contribution in [3.63, 3.8) is 0 Å². The summed E-state index contributed by atoms with van der Waals surface area (Å²) < 4.78 is 10.5. The fourth-order valence-electron chi connectivity index (χ4n) is 3.06. The number of fused-ring (bicyclic) bond motifs is 1. The van der Waals surface area contributed by atoms with Crippen molar-refractivity contribution in [2.24, 2.45) is 0 Å². The van der Waals surface area contributed by atoms with E-state index in [1.54, 1.807) is 48.5 Å². The summed E-state index contributed by atoms with van der Waals surface area (Å²) in [5, 5.41) is 10.8. The average molecular weight is 380 g/mol. The fourth-order valence-corrected chi connectivity index (χ4v) is 3.06. The molecular formula is C21H18NO6-. The summed E-state index contributed by atoms with van der Waals surface area (Å²) in [5.74, 6) is -1.36. The van der Waals surface area contributed by atoms with Crippen LogP contribution in [0.2, 0.25) is 0 Å². The minimum atomic E-state index is -1.33. The zero-order chi connectivity index (χ0) is 20.3. The predicted octanol–water partition coefficient (Wildman–Crippen LogP) is 1.37. The Bertz CT molecular complexity index is 979. The van der Waals surface area contributed by atoms with E-state index < -0.39 is 24.2 Å². The number of benzene rings is 2. The summed E-state index contributed by atoms with van der Waals surface area (Å²) in [6, 6.07) is 11.9. The molecule has 0 saturated heterocycles. The van der Waals surface area contributed by atoms with Crippen molar-refractivity contribution >= 4 is 29.4 Å². The largest absolute Gasteiger partial charge is 0.550 e. The standard InChI is InChI=1S/C21H19NO6/c1-27-17-8-7-13(12-18(17)28-2)11-16-14-5-3-4-6-15(14)20(25)22(21(16)26)10-9-19(23)24/h3-8,11-12H,9-10H2,1-2H3,(H,23,24)/p-1/b16-11-. The molecule has 2 aromatic carbocycles. The van der Waals surface area contributed by atoms with Crippen molar-refractivity contribution in [1.82, 2.24) is 4.90 Å². The molecular weight excluding hydrogens is 362 g/mol. The van der Waals surface area contributed by atoms with E-state index in [1.807, 2.05) is 0 Å². The maximum atomic E-state index is 13.0. The lowest BCUT2D eigenvalue weighted by Gasteiger charge is -2.28. The molecule has 3 rings (SSSR count). The van der Waals surface area contributed by atoms with Crippen LogP contribution in [0.5, 0.6) is 11.5 Å². The number of ether oxygens (including phenoxy) is 2. The Hall–Kier alpha value is -3.61. The van der Waals surface area contributed by atoms with Crippen LogP contribution in [0, 0.1) is 0 Å². The summed E-state index contributed by atoms with van der Waals surface area (Å²) >= 11 is 0. The highest BCUT2D eigenvalue weighted by molar-refractivity contribution is 6.33. The number of hydrogen-bond acceptors (Lipinski definition) is 6. The molecule has 1 aliphatic heterocycles. The number of amides is 2. The van der Waals surface area contributed by atoms with Crippen LogP contribution in [-0.2, 0) is 9.59 Å². The van der Waals surface area contributed by atoms with Gasteiger partial charge in [0.1, 0.15) is 0 Å². The minimum absolute atomic E-state index is 0.252. The first-order chi connectivity index (χ1) is 13.5. The molecule has 2 aromatic rings. The number of methoxy groups -OCH3 is 2. The lowest BCUT2D eigenvalue weighted by molar-refractivity contribution is -0.305. The lowest BCUT2D eigenvalue weighted by atomic mass is 9.92. The number of rotatable bonds is 6. The van der Waals surface area contributed by atoms with Gasteiger partial charge in [0.25, 0.3) is 11.8 Å². The smallest absolute Gasteiger partial charge is 0.261 e. The van der Waals surface area contributed by atoms with E-state index in [0.29, 0.717) is 33.8 Å². The van der Waals surface area contributed by atoms with Gasteiger partial charge in [-0.05, 0) is 35.4 Å². The highest BCUT2D eigenvalue weighted by Gasteiger charge is 2.34. The molecule has 0 radical (unpaired) electrons. The molecule has 2 amide bonds. The number of nitrogens with zero attached hydrogens (tertiary/aromatic N) is 1. The third-order valence-corrected chi connectivity index (χ3v) is 4.43. The van der Waals surface area contributed by atoms with E-state index in [-0.39, 0.29) is 6.54 Å². The monoisotopic (exact) mass is 380 g/mol. The number of carboxylic acids is 1. The Morgan fingerprint density at radius 1 is 1.00 bits per heavy atom. The first kappa shape index (κ1) is 19.2. The first-order valence-electron chi connectivity index (χ1n) is 8.55. The average Bonchev–Trinajstić information content (AvgIpc) is 2.70. The van der Waals surface area contributed by atoms with Crippen LogP contribution < -0.4 is 14.6 Å². The van der Waals surface area contributed by atoms with Crippen molar-refractivity contribution in [1.29, 1.82) is 0 Å². The zero-order valence-corrected chi connectivity index (χ0v) is 15.4. The van der Waals surface area contributed by atoms with E-state index in [9.17, 15) is 19.5 Å². The van der Waals surface area contributed by atoms with Gasteiger partial charge in [-0.1, -0.05) is 24.3 Å². The lowest BCUT2D eigenvalue weighted by Crippen LogP contribution is -2.43. The molecule has 0 saturated carbocycles. The summed E-state index contributed by atoms with van der Waals surface area (Å²) in [5.41, 5.74) is 1.80. The Labute approximate surface area is 161 Å². The number of carbonyl (C=O) groups is 3. The number of imide groups is 1. The third kappa shape index (κ3) is 3.59. The van der Waals surface area contributed by atoms with Gasteiger partial charge in [0.2, 0.25) is 0 Å². The van der Waals surface area contributed by atoms with Crippen LogP contribution in [0.4, 0.5) is 0 Å². The van der Waals surface area contributed by atoms with Crippen LogP contribution in [0.25, 0.3) is 11.6 Å². The van der Waals surface area contributed by atoms with Crippen LogP contribution in [0.1, 0.15) is 27.9 Å². The molecule has 7 heteroatoms. The second-order valence-electron chi connectivity index (χ2n) is 6.10. The van der Waals surface area contributed by atoms with Gasteiger partial charge in [0.15, 0.2) is 11.5 Å². The Kier molecular flexibility index (Phi) is 5.44. The molecule has 0 fully saturated rings. The molecule has 144 valence electrons. The van der Waals surface area contributed by atoms with Crippen LogP contribution in [-0.4, -0.2) is 43.4 Å². The van der Waals surface area contributed by atoms with Crippen LogP contribution >= 0.6 is 0 Å². The van der Waals surface area contributed by atoms with Crippen molar-refractivity contribution in [2.75, 3.05) is 20.8 Å². The summed E-state index contributed by atoms with van der Waals surface area (Å²) in [6.45, 7) is -0.252. The van der Waals surface area contributed by atoms with E-state index in [0.717, 1.165) is 4.90 Å². The zero-order valence-electron chi connectivity index (χ0n) is 15.4.